The summed E-state index contributed by atoms with van der Waals surface area (Å²) in [7, 11) is -0.104. The van der Waals surface area contributed by atoms with Gasteiger partial charge in [-0.3, -0.25) is 19.0 Å². The topological polar surface area (TPSA) is 72.4 Å². The molecule has 0 saturated carbocycles. The highest BCUT2D eigenvalue weighted by molar-refractivity contribution is 9.10. The number of anilines is 2. The van der Waals surface area contributed by atoms with Gasteiger partial charge in [0.05, 0.1) is 25.9 Å². The van der Waals surface area contributed by atoms with Crippen molar-refractivity contribution in [3.63, 3.8) is 0 Å². The van der Waals surface area contributed by atoms with Gasteiger partial charge in [-0.2, -0.15) is 0 Å². The third kappa shape index (κ3) is 5.68. The Morgan fingerprint density at radius 1 is 1.28 bits per heavy atom. The lowest BCUT2D eigenvalue weighted by atomic mass is 10.1. The molecule has 1 heterocycles. The lowest BCUT2D eigenvalue weighted by Gasteiger charge is -2.41. The molecule has 2 N–H and O–H groups in total. The Labute approximate surface area is 198 Å². The van der Waals surface area contributed by atoms with Gasteiger partial charge in [-0.1, -0.05) is 56.7 Å². The Kier molecular flexibility index (Phi) is 8.12. The maximum Gasteiger partial charge on any atom is 0.278 e. The Morgan fingerprint density at radius 2 is 1.91 bits per heavy atom. The molecule has 0 spiro atoms. The van der Waals surface area contributed by atoms with Gasteiger partial charge in [0, 0.05) is 17.1 Å². The van der Waals surface area contributed by atoms with Crippen LogP contribution in [0.1, 0.15) is 43.6 Å². The van der Waals surface area contributed by atoms with E-state index in [0.717, 1.165) is 0 Å². The molecule has 0 aliphatic heterocycles. The molecule has 1 aromatic carbocycles. The third-order valence-corrected chi connectivity index (χ3v) is 13.7. The Hall–Kier alpha value is -1.97. The second-order valence-electron chi connectivity index (χ2n) is 9.82. The highest BCUT2D eigenvalue weighted by Gasteiger charge is 2.40. The third-order valence-electron chi connectivity index (χ3n) is 6.69. The summed E-state index contributed by atoms with van der Waals surface area (Å²) in [6.07, 6.45) is 0. The first-order chi connectivity index (χ1) is 14.7. The van der Waals surface area contributed by atoms with Crippen molar-refractivity contribution in [3.05, 3.63) is 56.0 Å². The van der Waals surface area contributed by atoms with Crippen LogP contribution in [0.15, 0.2) is 33.5 Å². The summed E-state index contributed by atoms with van der Waals surface area (Å²) < 4.78 is 16.3. The number of carbonyl (C=O) groups is 1. The first-order valence-corrected chi connectivity index (χ1v) is 14.4. The van der Waals surface area contributed by atoms with Crippen LogP contribution in [0.3, 0.4) is 0 Å². The van der Waals surface area contributed by atoms with E-state index in [-0.39, 0.29) is 27.7 Å². The minimum absolute atomic E-state index is 0.147. The van der Waals surface area contributed by atoms with E-state index in [1.807, 2.05) is 0 Å². The molecule has 1 aromatic heterocycles. The quantitative estimate of drug-likeness (QED) is 0.348. The summed E-state index contributed by atoms with van der Waals surface area (Å²) in [5.74, 6) is -0.843. The van der Waals surface area contributed by atoms with Crippen LogP contribution >= 0.6 is 15.9 Å². The van der Waals surface area contributed by atoms with E-state index in [1.165, 1.54) is 29.8 Å². The Bertz CT molecular complexity index is 1060. The molecule has 1 atom stereocenters. The van der Waals surface area contributed by atoms with Crippen molar-refractivity contribution >= 4 is 41.4 Å². The number of nitrogens with zero attached hydrogens (tertiary/aromatic N) is 1. The lowest BCUT2D eigenvalue weighted by molar-refractivity contribution is 0.0308. The number of hydroxylamine groups is 1. The van der Waals surface area contributed by atoms with Gasteiger partial charge in [-0.25, -0.2) is 9.87 Å². The maximum atomic E-state index is 14.4. The van der Waals surface area contributed by atoms with E-state index in [9.17, 15) is 14.0 Å². The molecule has 0 bridgehead atoms. The number of hydrogen-bond acceptors (Lipinski definition) is 4. The van der Waals surface area contributed by atoms with Crippen molar-refractivity contribution in [3.8, 4) is 0 Å². The highest BCUT2D eigenvalue weighted by atomic mass is 79.9. The van der Waals surface area contributed by atoms with Crippen LogP contribution in [0.2, 0.25) is 23.7 Å². The lowest BCUT2D eigenvalue weighted by Crippen LogP contribution is -2.43. The SMILES string of the molecule is Cc1cc(C(=O)NOC[C@H](C)[Si](C)(C)C(C)(C)C)c(Nc2ccc(Br)cc2F)n(C)c1=O. The zero-order valence-corrected chi connectivity index (χ0v) is 22.6. The molecule has 0 unspecified atom stereocenters. The van der Waals surface area contributed by atoms with E-state index in [4.69, 9.17) is 4.84 Å². The summed E-state index contributed by atoms with van der Waals surface area (Å²) in [5, 5.41) is 3.08. The molecule has 0 radical (unpaired) electrons. The minimum Gasteiger partial charge on any atom is -0.339 e. The number of hydrogen-bond donors (Lipinski definition) is 2. The molecule has 32 heavy (non-hydrogen) atoms. The Morgan fingerprint density at radius 3 is 2.47 bits per heavy atom. The molecule has 0 saturated heterocycles. The van der Waals surface area contributed by atoms with Gasteiger partial charge in [0.1, 0.15) is 11.6 Å². The van der Waals surface area contributed by atoms with E-state index in [0.29, 0.717) is 22.2 Å². The number of aromatic nitrogens is 1. The number of pyridine rings is 1. The molecule has 176 valence electrons. The van der Waals surface area contributed by atoms with Gasteiger partial charge in [-0.05, 0) is 41.8 Å². The second kappa shape index (κ2) is 9.89. The smallest absolute Gasteiger partial charge is 0.278 e. The Balaban J connectivity index is 2.26. The normalized spacial score (nSPS) is 13.1. The second-order valence-corrected chi connectivity index (χ2v) is 16.7. The minimum atomic E-state index is -1.64. The van der Waals surface area contributed by atoms with Gasteiger partial charge < -0.3 is 5.32 Å². The summed E-state index contributed by atoms with van der Waals surface area (Å²) in [4.78, 5) is 31.0. The summed E-state index contributed by atoms with van der Waals surface area (Å²) in [5.41, 5.74) is 3.26. The zero-order valence-electron chi connectivity index (χ0n) is 20.0. The molecule has 0 aliphatic rings. The van der Waals surface area contributed by atoms with Crippen molar-refractivity contribution in [2.45, 2.75) is 58.3 Å². The van der Waals surface area contributed by atoms with Crippen LogP contribution in [0.4, 0.5) is 15.9 Å². The molecular formula is C23H33BrFN3O3Si. The van der Waals surface area contributed by atoms with Crippen LogP contribution in [0, 0.1) is 12.7 Å². The van der Waals surface area contributed by atoms with Crippen LogP contribution in [-0.2, 0) is 11.9 Å². The predicted molar refractivity (Wildman–Crippen MR) is 134 cm³/mol. The molecule has 0 fully saturated rings. The van der Waals surface area contributed by atoms with E-state index in [2.05, 4.69) is 67.5 Å². The number of benzene rings is 1. The van der Waals surface area contributed by atoms with Crippen molar-refractivity contribution < 1.29 is 14.0 Å². The van der Waals surface area contributed by atoms with Crippen LogP contribution in [-0.4, -0.2) is 25.2 Å². The van der Waals surface area contributed by atoms with E-state index >= 15 is 0 Å². The number of halogens is 2. The number of carbonyl (C=O) groups excluding carboxylic acids is 1. The predicted octanol–water partition coefficient (Wildman–Crippen LogP) is 5.90. The molecular weight excluding hydrogens is 493 g/mol. The standard InChI is InChI=1S/C23H33BrFN3O3Si/c1-14-11-17(21(29)27-31-13-15(2)32(7,8)23(3,4)5)20(28(6)22(14)30)26-19-10-9-16(24)12-18(19)25/h9-12,15,26H,13H2,1-8H3,(H,27,29)/t15-/m0/s1. The van der Waals surface area contributed by atoms with Crippen LogP contribution in [0.25, 0.3) is 0 Å². The number of nitrogens with one attached hydrogen (secondary N) is 2. The fourth-order valence-corrected chi connectivity index (χ4v) is 5.48. The fraction of sp³-hybridized carbons (Fsp3) is 0.478. The molecule has 0 aliphatic carbocycles. The summed E-state index contributed by atoms with van der Waals surface area (Å²) in [6, 6.07) is 5.99. The van der Waals surface area contributed by atoms with Crippen molar-refractivity contribution in [1.29, 1.82) is 0 Å². The largest absolute Gasteiger partial charge is 0.339 e. The maximum absolute atomic E-state index is 14.4. The fourth-order valence-electron chi connectivity index (χ4n) is 3.17. The first-order valence-electron chi connectivity index (χ1n) is 10.5. The average Bonchev–Trinajstić information content (AvgIpc) is 2.68. The number of amides is 1. The molecule has 2 rings (SSSR count). The summed E-state index contributed by atoms with van der Waals surface area (Å²) in [6.45, 7) is 15.5. The number of rotatable bonds is 7. The molecule has 2 aromatic rings. The molecule has 1 amide bonds. The van der Waals surface area contributed by atoms with Crippen molar-refractivity contribution in [2.75, 3.05) is 11.9 Å². The van der Waals surface area contributed by atoms with Gasteiger partial charge in [0.25, 0.3) is 11.5 Å². The molecule has 9 heteroatoms. The average molecular weight is 527 g/mol. The highest BCUT2D eigenvalue weighted by Crippen LogP contribution is 2.43. The first kappa shape index (κ1) is 26.3. The van der Waals surface area contributed by atoms with E-state index < -0.39 is 19.8 Å². The van der Waals surface area contributed by atoms with Gasteiger partial charge >= 0.3 is 0 Å². The van der Waals surface area contributed by atoms with Gasteiger partial charge in [0.15, 0.2) is 0 Å². The monoisotopic (exact) mass is 525 g/mol. The summed E-state index contributed by atoms with van der Waals surface area (Å²) >= 11 is 3.22. The van der Waals surface area contributed by atoms with Crippen molar-refractivity contribution in [1.82, 2.24) is 10.0 Å². The van der Waals surface area contributed by atoms with Crippen LogP contribution in [0.5, 0.6) is 0 Å². The zero-order chi connectivity index (χ0) is 24.4. The van der Waals surface area contributed by atoms with Crippen LogP contribution < -0.4 is 16.4 Å². The van der Waals surface area contributed by atoms with Gasteiger partial charge in [-0.15, -0.1) is 0 Å². The van der Waals surface area contributed by atoms with E-state index in [1.54, 1.807) is 13.0 Å². The van der Waals surface area contributed by atoms with Gasteiger partial charge in [0.2, 0.25) is 0 Å². The molecule has 6 nitrogen and oxygen atoms in total. The van der Waals surface area contributed by atoms with Crippen molar-refractivity contribution in [2.24, 2.45) is 7.05 Å². The number of aryl methyl sites for hydroxylation is 1.